The molecule has 4 nitrogen and oxygen atoms in total. The minimum Gasteiger partial charge on any atom is -0.398 e. The van der Waals surface area contributed by atoms with Gasteiger partial charge in [0.25, 0.3) is 0 Å². The van der Waals surface area contributed by atoms with Crippen molar-refractivity contribution in [2.24, 2.45) is 0 Å². The molecule has 0 amide bonds. The first-order valence-electron chi connectivity index (χ1n) is 13.8. The summed E-state index contributed by atoms with van der Waals surface area (Å²) in [6.45, 7) is 0. The van der Waals surface area contributed by atoms with Crippen LogP contribution in [-0.2, 0) is 0 Å². The molecule has 2 heterocycles. The summed E-state index contributed by atoms with van der Waals surface area (Å²) in [6, 6.07) is 46.5. The first-order valence-corrected chi connectivity index (χ1v) is 15.4. The van der Waals surface area contributed by atoms with Crippen molar-refractivity contribution in [3.63, 3.8) is 0 Å². The van der Waals surface area contributed by atoms with Gasteiger partial charge >= 0.3 is 0 Å². The molecule has 0 radical (unpaired) electrons. The Labute approximate surface area is 253 Å². The van der Waals surface area contributed by atoms with Gasteiger partial charge in [-0.15, -0.1) is 0 Å². The Hall–Kier alpha value is -4.78. The van der Waals surface area contributed by atoms with Crippen molar-refractivity contribution in [3.8, 4) is 11.1 Å². The van der Waals surface area contributed by atoms with E-state index in [0.717, 1.165) is 45.3 Å². The van der Waals surface area contributed by atoms with E-state index in [0.29, 0.717) is 11.4 Å². The van der Waals surface area contributed by atoms with Crippen molar-refractivity contribution in [1.29, 1.82) is 0 Å². The summed E-state index contributed by atoms with van der Waals surface area (Å²) < 4.78 is 0. The fraction of sp³-hybridized carbons (Fsp3) is 0. The number of hydrogen-bond donors (Lipinski definition) is 2. The Balaban J connectivity index is 1.19. The van der Waals surface area contributed by atoms with Gasteiger partial charge in [-0.05, 0) is 72.8 Å². The second kappa shape index (κ2) is 9.94. The smallest absolute Gasteiger partial charge is 0.0601 e. The predicted octanol–water partition coefficient (Wildman–Crippen LogP) is 10.4. The van der Waals surface area contributed by atoms with Crippen LogP contribution in [0.25, 0.3) is 11.1 Å². The number of nitrogens with two attached hydrogens (primary N) is 2. The molecule has 6 aromatic rings. The van der Waals surface area contributed by atoms with Crippen molar-refractivity contribution in [2.45, 2.75) is 19.6 Å². The van der Waals surface area contributed by atoms with Crippen molar-refractivity contribution >= 4 is 69.0 Å². The lowest BCUT2D eigenvalue weighted by Crippen LogP contribution is -2.15. The van der Waals surface area contributed by atoms with Crippen LogP contribution in [0, 0.1) is 0 Å². The highest BCUT2D eigenvalue weighted by Gasteiger charge is 2.26. The van der Waals surface area contributed by atoms with Crippen LogP contribution in [0.15, 0.2) is 153 Å². The van der Waals surface area contributed by atoms with Crippen molar-refractivity contribution in [1.82, 2.24) is 0 Å². The Morgan fingerprint density at radius 1 is 0.381 bits per heavy atom. The van der Waals surface area contributed by atoms with E-state index in [1.807, 2.05) is 0 Å². The monoisotopic (exact) mass is 578 g/mol. The van der Waals surface area contributed by atoms with Gasteiger partial charge in [0.05, 0.1) is 22.7 Å². The maximum absolute atomic E-state index is 6.78. The maximum Gasteiger partial charge on any atom is 0.0601 e. The molecule has 0 saturated carbocycles. The highest BCUT2D eigenvalue weighted by Crippen LogP contribution is 2.53. The molecule has 0 aliphatic carbocycles. The number of rotatable bonds is 3. The van der Waals surface area contributed by atoms with Gasteiger partial charge in [0.2, 0.25) is 0 Å². The summed E-state index contributed by atoms with van der Waals surface area (Å²) in [7, 11) is 0. The van der Waals surface area contributed by atoms with Gasteiger partial charge in [-0.1, -0.05) is 84.2 Å². The van der Waals surface area contributed by atoms with E-state index < -0.39 is 0 Å². The van der Waals surface area contributed by atoms with Gasteiger partial charge in [0.15, 0.2) is 0 Å². The summed E-state index contributed by atoms with van der Waals surface area (Å²) in [4.78, 5) is 9.46. The first kappa shape index (κ1) is 25.0. The van der Waals surface area contributed by atoms with Crippen LogP contribution in [0.3, 0.4) is 0 Å². The molecule has 0 saturated heterocycles. The maximum atomic E-state index is 6.78. The molecule has 4 N–H and O–H groups in total. The molecule has 0 spiro atoms. The minimum atomic E-state index is 0.685. The van der Waals surface area contributed by atoms with Crippen LogP contribution in [-0.4, -0.2) is 0 Å². The second-order valence-corrected chi connectivity index (χ2v) is 12.5. The van der Waals surface area contributed by atoms with Crippen LogP contribution in [0.4, 0.5) is 45.5 Å². The lowest BCUT2D eigenvalue weighted by atomic mass is 10.00. The minimum absolute atomic E-state index is 0.685. The second-order valence-electron chi connectivity index (χ2n) is 10.3. The fourth-order valence-corrected chi connectivity index (χ4v) is 7.95. The highest BCUT2D eigenvalue weighted by molar-refractivity contribution is 8.00. The lowest BCUT2D eigenvalue weighted by Gasteiger charge is -2.33. The van der Waals surface area contributed by atoms with E-state index in [-0.39, 0.29) is 0 Å². The molecule has 0 fully saturated rings. The standard InChI is InChI=1S/C36H26N4S2/c37-27-21-23(39-29-9-1-5-13-33(29)41-34-14-6-2-10-30(34)39)17-19-25(27)26-20-18-24(22-28(26)38)40-31-11-3-7-15-35(31)42-36-16-8-4-12-32(36)40/h1-22H,37-38H2. The van der Waals surface area contributed by atoms with Gasteiger partial charge in [0.1, 0.15) is 0 Å². The number of nitrogen functional groups attached to an aromatic ring is 2. The zero-order chi connectivity index (χ0) is 28.2. The van der Waals surface area contributed by atoms with E-state index in [2.05, 4.69) is 143 Å². The average Bonchev–Trinajstić information content (AvgIpc) is 3.02. The third-order valence-electron chi connectivity index (χ3n) is 7.74. The Morgan fingerprint density at radius 2 is 0.690 bits per heavy atom. The molecule has 0 unspecified atom stereocenters. The number of fused-ring (bicyclic) bond motifs is 4. The van der Waals surface area contributed by atoms with Crippen LogP contribution in [0.5, 0.6) is 0 Å². The van der Waals surface area contributed by atoms with Gasteiger partial charge in [-0.3, -0.25) is 0 Å². The molecule has 2 aliphatic heterocycles. The van der Waals surface area contributed by atoms with Crippen molar-refractivity contribution in [3.05, 3.63) is 133 Å². The molecule has 2 aliphatic rings. The lowest BCUT2D eigenvalue weighted by molar-refractivity contribution is 1.16. The predicted molar refractivity (Wildman–Crippen MR) is 178 cm³/mol. The number of anilines is 8. The zero-order valence-electron chi connectivity index (χ0n) is 22.6. The number of para-hydroxylation sites is 4. The quantitative estimate of drug-likeness (QED) is 0.203. The normalized spacial score (nSPS) is 13.1. The molecule has 0 atom stereocenters. The molecule has 0 aromatic heterocycles. The third-order valence-corrected chi connectivity index (χ3v) is 10.0. The van der Waals surface area contributed by atoms with Gasteiger partial charge in [-0.25, -0.2) is 0 Å². The first-order chi connectivity index (χ1) is 20.7. The third kappa shape index (κ3) is 4.03. The largest absolute Gasteiger partial charge is 0.398 e. The SMILES string of the molecule is Nc1cc(N2c3ccccc3Sc3ccccc32)ccc1-c1ccc(N2c3ccccc3Sc3ccccc32)cc1N. The van der Waals surface area contributed by atoms with E-state index in [9.17, 15) is 0 Å². The topological polar surface area (TPSA) is 58.5 Å². The zero-order valence-corrected chi connectivity index (χ0v) is 24.2. The molecule has 0 bridgehead atoms. The molecular weight excluding hydrogens is 553 g/mol. The molecular formula is C36H26N4S2. The van der Waals surface area contributed by atoms with Crippen LogP contribution in [0.1, 0.15) is 0 Å². The summed E-state index contributed by atoms with van der Waals surface area (Å²) in [6.07, 6.45) is 0. The van der Waals surface area contributed by atoms with Crippen molar-refractivity contribution < 1.29 is 0 Å². The van der Waals surface area contributed by atoms with Crippen LogP contribution >= 0.6 is 23.5 Å². The molecule has 6 heteroatoms. The van der Waals surface area contributed by atoms with E-state index in [1.165, 1.54) is 19.6 Å². The van der Waals surface area contributed by atoms with Crippen LogP contribution < -0.4 is 21.3 Å². The number of nitrogens with zero attached hydrogens (tertiary/aromatic N) is 2. The Morgan fingerprint density at radius 3 is 1.00 bits per heavy atom. The highest BCUT2D eigenvalue weighted by atomic mass is 32.2. The fourth-order valence-electron chi connectivity index (χ4n) is 5.83. The molecule has 6 aromatic carbocycles. The number of hydrogen-bond acceptors (Lipinski definition) is 6. The van der Waals surface area contributed by atoms with E-state index in [4.69, 9.17) is 11.5 Å². The molecule has 42 heavy (non-hydrogen) atoms. The summed E-state index contributed by atoms with van der Waals surface area (Å²) in [5.41, 5.74) is 23.4. The van der Waals surface area contributed by atoms with E-state index >= 15 is 0 Å². The van der Waals surface area contributed by atoms with Gasteiger partial charge in [0, 0.05) is 53.5 Å². The Kier molecular flexibility index (Phi) is 5.91. The summed E-state index contributed by atoms with van der Waals surface area (Å²) in [5.74, 6) is 0. The average molecular weight is 579 g/mol. The van der Waals surface area contributed by atoms with Gasteiger partial charge in [-0.2, -0.15) is 0 Å². The van der Waals surface area contributed by atoms with Crippen molar-refractivity contribution in [2.75, 3.05) is 21.3 Å². The van der Waals surface area contributed by atoms with Crippen LogP contribution in [0.2, 0.25) is 0 Å². The summed E-state index contributed by atoms with van der Waals surface area (Å²) in [5, 5.41) is 0. The summed E-state index contributed by atoms with van der Waals surface area (Å²) >= 11 is 3.59. The number of benzene rings is 6. The molecule has 202 valence electrons. The molecule has 8 rings (SSSR count). The van der Waals surface area contributed by atoms with Gasteiger partial charge < -0.3 is 21.3 Å². The Bertz CT molecular complexity index is 1770. The van der Waals surface area contributed by atoms with E-state index in [1.54, 1.807) is 23.5 Å².